The van der Waals surface area contributed by atoms with Crippen molar-refractivity contribution >= 4 is 11.8 Å². The number of ether oxygens (including phenoxy) is 1. The first kappa shape index (κ1) is 14.8. The van der Waals surface area contributed by atoms with Crippen LogP contribution in [0.4, 0.5) is 0 Å². The Morgan fingerprint density at radius 3 is 2.70 bits per heavy atom. The molecule has 1 heterocycles. The van der Waals surface area contributed by atoms with Gasteiger partial charge in [-0.3, -0.25) is 14.3 Å². The lowest BCUT2D eigenvalue weighted by molar-refractivity contribution is -0.141. The van der Waals surface area contributed by atoms with Crippen LogP contribution in [-0.2, 0) is 9.53 Å². The zero-order valence-electron chi connectivity index (χ0n) is 12.2. The molecule has 0 radical (unpaired) electrons. The number of hydrogen-bond donors (Lipinski definition) is 0. The second kappa shape index (κ2) is 6.68. The number of carbonyl (C=O) groups is 2. The molecule has 1 aromatic rings. The van der Waals surface area contributed by atoms with Crippen molar-refractivity contribution in [3.05, 3.63) is 17.5 Å². The van der Waals surface area contributed by atoms with E-state index in [1.54, 1.807) is 13.1 Å². The number of rotatable bonds is 5. The van der Waals surface area contributed by atoms with Crippen LogP contribution < -0.4 is 0 Å². The number of ketones is 1. The lowest BCUT2D eigenvalue weighted by Crippen LogP contribution is -2.16. The zero-order valence-corrected chi connectivity index (χ0v) is 12.2. The minimum atomic E-state index is -0.470. The van der Waals surface area contributed by atoms with Crippen molar-refractivity contribution in [1.82, 2.24) is 9.78 Å². The maximum atomic E-state index is 12.1. The zero-order chi connectivity index (χ0) is 14.5. The Hall–Kier alpha value is -1.65. The number of nitrogens with zero attached hydrogens (tertiary/aromatic N) is 2. The molecule has 0 unspecified atom stereocenters. The van der Waals surface area contributed by atoms with E-state index in [2.05, 4.69) is 5.10 Å². The number of Topliss-reactive ketones (excluding diaryl/α,β-unsaturated/α-hetero) is 1. The molecule has 0 aliphatic heterocycles. The second-order valence-electron chi connectivity index (χ2n) is 5.29. The molecule has 2 rings (SSSR count). The molecule has 0 saturated heterocycles. The highest BCUT2D eigenvalue weighted by molar-refractivity contribution is 6.06. The Labute approximate surface area is 119 Å². The molecule has 0 N–H and O–H groups in total. The Balaban J connectivity index is 2.07. The van der Waals surface area contributed by atoms with Crippen LogP contribution >= 0.6 is 0 Å². The smallest absolute Gasteiger partial charge is 0.313 e. The summed E-state index contributed by atoms with van der Waals surface area (Å²) in [5.41, 5.74) is 1.41. The van der Waals surface area contributed by atoms with Gasteiger partial charge >= 0.3 is 5.97 Å². The van der Waals surface area contributed by atoms with Crippen molar-refractivity contribution in [2.45, 2.75) is 58.4 Å². The third-order valence-corrected chi connectivity index (χ3v) is 3.88. The molecule has 0 aromatic carbocycles. The molecule has 1 aromatic heterocycles. The van der Waals surface area contributed by atoms with Gasteiger partial charge in [0.05, 0.1) is 24.4 Å². The van der Waals surface area contributed by atoms with Crippen LogP contribution in [0.25, 0.3) is 0 Å². The summed E-state index contributed by atoms with van der Waals surface area (Å²) < 4.78 is 6.77. The van der Waals surface area contributed by atoms with Gasteiger partial charge in [-0.05, 0) is 26.7 Å². The molecular formula is C15H22N2O3. The molecule has 20 heavy (non-hydrogen) atoms. The molecule has 0 atom stereocenters. The molecular weight excluding hydrogens is 256 g/mol. The SMILES string of the molecule is CCOC(=O)CC(=O)c1cnn(C2CCCCC2)c1C. The highest BCUT2D eigenvalue weighted by atomic mass is 16.5. The lowest BCUT2D eigenvalue weighted by atomic mass is 9.95. The fraction of sp³-hybridized carbons (Fsp3) is 0.667. The number of esters is 1. The molecule has 1 saturated carbocycles. The third kappa shape index (κ3) is 3.26. The fourth-order valence-electron chi connectivity index (χ4n) is 2.83. The van der Waals surface area contributed by atoms with E-state index in [0.29, 0.717) is 18.2 Å². The summed E-state index contributed by atoms with van der Waals surface area (Å²) in [5.74, 6) is -0.676. The van der Waals surface area contributed by atoms with E-state index in [1.807, 2.05) is 11.6 Å². The number of carbonyl (C=O) groups excluding carboxylic acids is 2. The standard InChI is InChI=1S/C15H22N2O3/c1-3-20-15(19)9-14(18)13-10-16-17(11(13)2)12-7-5-4-6-8-12/h10,12H,3-9H2,1-2H3. The summed E-state index contributed by atoms with van der Waals surface area (Å²) in [7, 11) is 0. The van der Waals surface area contributed by atoms with Crippen molar-refractivity contribution < 1.29 is 14.3 Å². The summed E-state index contributed by atoms with van der Waals surface area (Å²) in [6.45, 7) is 3.93. The predicted molar refractivity (Wildman–Crippen MR) is 74.7 cm³/mol. The second-order valence-corrected chi connectivity index (χ2v) is 5.29. The molecule has 0 spiro atoms. The first-order valence-corrected chi connectivity index (χ1v) is 7.36. The van der Waals surface area contributed by atoms with Crippen LogP contribution in [0.1, 0.15) is 67.5 Å². The average molecular weight is 278 g/mol. The van der Waals surface area contributed by atoms with Gasteiger partial charge in [-0.1, -0.05) is 19.3 Å². The normalized spacial score (nSPS) is 16.1. The highest BCUT2D eigenvalue weighted by Gasteiger charge is 2.22. The van der Waals surface area contributed by atoms with Gasteiger partial charge in [0.25, 0.3) is 0 Å². The number of hydrogen-bond acceptors (Lipinski definition) is 4. The Kier molecular flexibility index (Phi) is 4.93. The Morgan fingerprint density at radius 2 is 2.05 bits per heavy atom. The molecule has 110 valence electrons. The van der Waals surface area contributed by atoms with Crippen molar-refractivity contribution in [2.75, 3.05) is 6.61 Å². The van der Waals surface area contributed by atoms with E-state index in [4.69, 9.17) is 4.74 Å². The summed E-state index contributed by atoms with van der Waals surface area (Å²) in [6.07, 6.45) is 7.34. The van der Waals surface area contributed by atoms with Crippen LogP contribution in [0, 0.1) is 6.92 Å². The molecule has 0 bridgehead atoms. The quantitative estimate of drug-likeness (QED) is 0.472. The monoisotopic (exact) mass is 278 g/mol. The van der Waals surface area contributed by atoms with Gasteiger partial charge in [-0.2, -0.15) is 5.10 Å². The molecule has 5 nitrogen and oxygen atoms in total. The molecule has 1 aliphatic rings. The maximum absolute atomic E-state index is 12.1. The summed E-state index contributed by atoms with van der Waals surface area (Å²) >= 11 is 0. The van der Waals surface area contributed by atoms with E-state index >= 15 is 0 Å². The summed E-state index contributed by atoms with van der Waals surface area (Å²) in [4.78, 5) is 23.5. The molecule has 5 heteroatoms. The summed E-state index contributed by atoms with van der Waals surface area (Å²) in [5, 5.41) is 4.36. The van der Waals surface area contributed by atoms with E-state index in [1.165, 1.54) is 19.3 Å². The van der Waals surface area contributed by atoms with Crippen molar-refractivity contribution in [2.24, 2.45) is 0 Å². The predicted octanol–water partition coefficient (Wildman–Crippen LogP) is 2.83. The first-order valence-electron chi connectivity index (χ1n) is 7.36. The van der Waals surface area contributed by atoms with Crippen molar-refractivity contribution in [1.29, 1.82) is 0 Å². The van der Waals surface area contributed by atoms with Crippen molar-refractivity contribution in [3.63, 3.8) is 0 Å². The maximum Gasteiger partial charge on any atom is 0.313 e. The van der Waals surface area contributed by atoms with Gasteiger partial charge in [-0.25, -0.2) is 0 Å². The molecule has 0 amide bonds. The number of aromatic nitrogens is 2. The Morgan fingerprint density at radius 1 is 1.35 bits per heavy atom. The van der Waals surface area contributed by atoms with Crippen LogP contribution in [0.15, 0.2) is 6.20 Å². The highest BCUT2D eigenvalue weighted by Crippen LogP contribution is 2.29. The van der Waals surface area contributed by atoms with Crippen LogP contribution in [0.2, 0.25) is 0 Å². The first-order chi connectivity index (χ1) is 9.63. The topological polar surface area (TPSA) is 61.2 Å². The van der Waals surface area contributed by atoms with Gasteiger partial charge < -0.3 is 4.74 Å². The molecule has 1 aliphatic carbocycles. The minimum Gasteiger partial charge on any atom is -0.466 e. The van der Waals surface area contributed by atoms with Gasteiger partial charge in [0.2, 0.25) is 0 Å². The van der Waals surface area contributed by atoms with E-state index in [9.17, 15) is 9.59 Å². The van der Waals surface area contributed by atoms with E-state index < -0.39 is 5.97 Å². The minimum absolute atomic E-state index is 0.203. The third-order valence-electron chi connectivity index (χ3n) is 3.88. The summed E-state index contributed by atoms with van der Waals surface area (Å²) in [6, 6.07) is 0.396. The van der Waals surface area contributed by atoms with Gasteiger partial charge in [0.1, 0.15) is 6.42 Å². The van der Waals surface area contributed by atoms with Crippen LogP contribution in [0.5, 0.6) is 0 Å². The lowest BCUT2D eigenvalue weighted by Gasteiger charge is -2.23. The Bertz CT molecular complexity index is 487. The van der Waals surface area contributed by atoms with E-state index in [-0.39, 0.29) is 12.2 Å². The van der Waals surface area contributed by atoms with Crippen LogP contribution in [0.3, 0.4) is 0 Å². The van der Waals surface area contributed by atoms with E-state index in [0.717, 1.165) is 18.5 Å². The van der Waals surface area contributed by atoms with Gasteiger partial charge in [0, 0.05) is 5.69 Å². The largest absolute Gasteiger partial charge is 0.466 e. The average Bonchev–Trinajstić information content (AvgIpc) is 2.82. The van der Waals surface area contributed by atoms with Gasteiger partial charge in [-0.15, -0.1) is 0 Å². The molecule has 1 fully saturated rings. The fourth-order valence-corrected chi connectivity index (χ4v) is 2.83. The van der Waals surface area contributed by atoms with Gasteiger partial charge in [0.15, 0.2) is 5.78 Å². The van der Waals surface area contributed by atoms with Crippen molar-refractivity contribution in [3.8, 4) is 0 Å². The van der Waals surface area contributed by atoms with Crippen LogP contribution in [-0.4, -0.2) is 28.1 Å².